The van der Waals surface area contributed by atoms with Gasteiger partial charge in [0.25, 0.3) is 0 Å². The highest BCUT2D eigenvalue weighted by atomic mass is 32.2. The molecule has 32 heavy (non-hydrogen) atoms. The molecule has 164 valence electrons. The molecular weight excluding hydrogens is 434 g/mol. The average Bonchev–Trinajstić information content (AvgIpc) is 3.21. The third kappa shape index (κ3) is 3.89. The van der Waals surface area contributed by atoms with Crippen molar-refractivity contribution in [2.75, 3.05) is 18.6 Å². The number of aromatic nitrogens is 1. The molecule has 0 N–H and O–H groups in total. The average molecular weight is 462 g/mol. The van der Waals surface area contributed by atoms with E-state index in [2.05, 4.69) is 72.4 Å². The molecule has 1 aromatic heterocycles. The largest absolute Gasteiger partial charge is 0.493 e. The number of aryl methyl sites for hydroxylation is 1. The molecule has 5 heteroatoms. The summed E-state index contributed by atoms with van der Waals surface area (Å²) >= 11 is 4.07. The van der Waals surface area contributed by atoms with Gasteiger partial charge in [-0.1, -0.05) is 54.6 Å². The Bertz CT molecular complexity index is 1210. The van der Waals surface area contributed by atoms with Crippen LogP contribution in [0.1, 0.15) is 23.1 Å². The molecular formula is C27H27NO2S2. The van der Waals surface area contributed by atoms with E-state index in [9.17, 15) is 0 Å². The number of hydrogen-bond donors (Lipinski definition) is 0. The van der Waals surface area contributed by atoms with Crippen LogP contribution in [-0.4, -0.2) is 23.2 Å². The van der Waals surface area contributed by atoms with Crippen molar-refractivity contribution in [3.8, 4) is 11.5 Å². The van der Waals surface area contributed by atoms with Crippen LogP contribution >= 0.6 is 23.5 Å². The number of thioether (sulfide) groups is 2. The van der Waals surface area contributed by atoms with E-state index in [1.807, 2.05) is 41.7 Å². The molecule has 3 nitrogen and oxygen atoms in total. The number of rotatable bonds is 6. The molecule has 3 aromatic carbocycles. The van der Waals surface area contributed by atoms with E-state index in [0.717, 1.165) is 28.6 Å². The summed E-state index contributed by atoms with van der Waals surface area (Å²) in [5.41, 5.74) is 5.03. The van der Waals surface area contributed by atoms with Gasteiger partial charge < -0.3 is 14.0 Å². The van der Waals surface area contributed by atoms with Crippen LogP contribution in [0.25, 0.3) is 10.9 Å². The molecule has 1 aliphatic rings. The molecule has 0 aliphatic carbocycles. The summed E-state index contributed by atoms with van der Waals surface area (Å²) in [5.74, 6) is 3.84. The van der Waals surface area contributed by atoms with E-state index < -0.39 is 0 Å². The van der Waals surface area contributed by atoms with Crippen molar-refractivity contribution in [1.29, 1.82) is 0 Å². The van der Waals surface area contributed by atoms with Crippen molar-refractivity contribution in [2.24, 2.45) is 7.05 Å². The molecule has 4 aromatic rings. The molecule has 0 spiro atoms. The van der Waals surface area contributed by atoms with Crippen molar-refractivity contribution >= 4 is 34.4 Å². The third-order valence-electron chi connectivity index (χ3n) is 5.93. The maximum atomic E-state index is 6.27. The number of fused-ring (bicyclic) bond motifs is 1. The summed E-state index contributed by atoms with van der Waals surface area (Å²) in [4.78, 5) is 0. The fourth-order valence-corrected chi connectivity index (χ4v) is 7.74. The minimum atomic E-state index is -0.170. The maximum Gasteiger partial charge on any atom is 0.162 e. The van der Waals surface area contributed by atoms with Crippen LogP contribution in [0.2, 0.25) is 0 Å². The lowest BCUT2D eigenvalue weighted by Gasteiger charge is -2.37. The lowest BCUT2D eigenvalue weighted by Crippen LogP contribution is -2.24. The second-order valence-corrected chi connectivity index (χ2v) is 10.9. The zero-order valence-corrected chi connectivity index (χ0v) is 20.0. The lowest BCUT2D eigenvalue weighted by molar-refractivity contribution is 0.284. The summed E-state index contributed by atoms with van der Waals surface area (Å²) in [6.07, 6.45) is 3.54. The molecule has 0 bridgehead atoms. The van der Waals surface area contributed by atoms with E-state index in [-0.39, 0.29) is 4.08 Å². The van der Waals surface area contributed by atoms with E-state index in [1.54, 1.807) is 7.11 Å². The normalized spacial score (nSPS) is 15.6. The minimum Gasteiger partial charge on any atom is -0.493 e. The fourth-order valence-electron chi connectivity index (χ4n) is 4.34. The van der Waals surface area contributed by atoms with Crippen LogP contribution in [0.3, 0.4) is 0 Å². The van der Waals surface area contributed by atoms with Gasteiger partial charge in [-0.3, -0.25) is 0 Å². The van der Waals surface area contributed by atoms with Gasteiger partial charge in [-0.15, -0.1) is 23.5 Å². The van der Waals surface area contributed by atoms with Gasteiger partial charge in [0.2, 0.25) is 0 Å². The number of hydrogen-bond acceptors (Lipinski definition) is 4. The maximum absolute atomic E-state index is 6.27. The summed E-state index contributed by atoms with van der Waals surface area (Å²) in [6, 6.07) is 25.4. The molecule has 1 aliphatic heterocycles. The quantitative estimate of drug-likeness (QED) is 0.314. The van der Waals surface area contributed by atoms with Crippen LogP contribution in [0.4, 0.5) is 0 Å². The minimum absolute atomic E-state index is 0.170. The zero-order valence-electron chi connectivity index (χ0n) is 18.4. The highest BCUT2D eigenvalue weighted by Crippen LogP contribution is 2.57. The number of methoxy groups -OCH3 is 1. The first kappa shape index (κ1) is 21.4. The Morgan fingerprint density at radius 2 is 1.66 bits per heavy atom. The van der Waals surface area contributed by atoms with Crippen molar-refractivity contribution in [3.05, 3.63) is 95.7 Å². The Labute approximate surface area is 198 Å². The summed E-state index contributed by atoms with van der Waals surface area (Å²) in [5, 5.41) is 1.32. The van der Waals surface area contributed by atoms with Gasteiger partial charge in [0.15, 0.2) is 11.5 Å². The standard InChI is InChI=1S/C27H27NO2S2/c1-28-18-23(22-11-6-7-12-24(22)28)27(31-15-8-16-32-27)21-13-14-25(29-2)26(17-21)30-19-20-9-4-3-5-10-20/h3-7,9-14,17-18H,8,15-16,19H2,1-2H3. The number of ether oxygens (including phenoxy) is 2. The summed E-state index contributed by atoms with van der Waals surface area (Å²) in [7, 11) is 3.84. The molecule has 0 amide bonds. The Kier molecular flexibility index (Phi) is 6.11. The highest BCUT2D eigenvalue weighted by Gasteiger charge is 2.40. The van der Waals surface area contributed by atoms with Crippen LogP contribution in [0.15, 0.2) is 79.0 Å². The second kappa shape index (κ2) is 9.16. The Morgan fingerprint density at radius 1 is 0.906 bits per heavy atom. The molecule has 0 atom stereocenters. The monoisotopic (exact) mass is 461 g/mol. The molecule has 0 saturated carbocycles. The Hall–Kier alpha value is -2.50. The van der Waals surface area contributed by atoms with Gasteiger partial charge in [-0.2, -0.15) is 0 Å². The molecule has 0 radical (unpaired) electrons. The SMILES string of the molecule is COc1ccc(C2(c3cn(C)c4ccccc34)SCCCS2)cc1OCc1ccccc1. The van der Waals surface area contributed by atoms with Crippen LogP contribution < -0.4 is 9.47 Å². The predicted octanol–water partition coefficient (Wildman–Crippen LogP) is 6.84. The number of para-hydroxylation sites is 1. The molecule has 2 heterocycles. The van der Waals surface area contributed by atoms with Crippen LogP contribution in [0, 0.1) is 0 Å². The van der Waals surface area contributed by atoms with Gasteiger partial charge in [0.05, 0.1) is 7.11 Å². The Morgan fingerprint density at radius 3 is 2.44 bits per heavy atom. The first-order chi connectivity index (χ1) is 15.7. The smallest absolute Gasteiger partial charge is 0.162 e. The number of nitrogens with zero attached hydrogens (tertiary/aromatic N) is 1. The van der Waals surface area contributed by atoms with E-state index in [4.69, 9.17) is 9.47 Å². The zero-order chi connectivity index (χ0) is 22.0. The second-order valence-electron chi connectivity index (χ2n) is 7.98. The first-order valence-electron chi connectivity index (χ1n) is 10.9. The highest BCUT2D eigenvalue weighted by molar-refractivity contribution is 8.18. The van der Waals surface area contributed by atoms with Gasteiger partial charge in [-0.25, -0.2) is 0 Å². The Balaban J connectivity index is 1.59. The van der Waals surface area contributed by atoms with E-state index in [1.165, 1.54) is 28.5 Å². The van der Waals surface area contributed by atoms with Crippen molar-refractivity contribution in [3.63, 3.8) is 0 Å². The topological polar surface area (TPSA) is 23.4 Å². The van der Waals surface area contributed by atoms with Crippen LogP contribution in [-0.2, 0) is 17.7 Å². The molecule has 5 rings (SSSR count). The van der Waals surface area contributed by atoms with Crippen LogP contribution in [0.5, 0.6) is 11.5 Å². The predicted molar refractivity (Wildman–Crippen MR) is 137 cm³/mol. The first-order valence-corrected chi connectivity index (χ1v) is 12.9. The third-order valence-corrected chi connectivity index (χ3v) is 9.35. The van der Waals surface area contributed by atoms with E-state index in [0.29, 0.717) is 6.61 Å². The van der Waals surface area contributed by atoms with Crippen molar-refractivity contribution < 1.29 is 9.47 Å². The molecule has 1 fully saturated rings. The molecule has 1 saturated heterocycles. The van der Waals surface area contributed by atoms with Crippen molar-refractivity contribution in [1.82, 2.24) is 4.57 Å². The number of benzene rings is 3. The lowest BCUT2D eigenvalue weighted by atomic mass is 10.0. The van der Waals surface area contributed by atoms with E-state index >= 15 is 0 Å². The van der Waals surface area contributed by atoms with Gasteiger partial charge in [0, 0.05) is 29.7 Å². The molecule has 0 unspecified atom stereocenters. The van der Waals surface area contributed by atoms with Gasteiger partial charge >= 0.3 is 0 Å². The van der Waals surface area contributed by atoms with Gasteiger partial charge in [-0.05, 0) is 47.3 Å². The van der Waals surface area contributed by atoms with Gasteiger partial charge in [0.1, 0.15) is 10.7 Å². The van der Waals surface area contributed by atoms with Crippen molar-refractivity contribution in [2.45, 2.75) is 17.1 Å². The fraction of sp³-hybridized carbons (Fsp3) is 0.259. The summed E-state index contributed by atoms with van der Waals surface area (Å²) in [6.45, 7) is 0.516. The summed E-state index contributed by atoms with van der Waals surface area (Å²) < 4.78 is 14.0.